The third-order valence-electron chi connectivity index (χ3n) is 5.49. The summed E-state index contributed by atoms with van der Waals surface area (Å²) in [6.07, 6.45) is 3.01. The van der Waals surface area contributed by atoms with Crippen LogP contribution in [0.1, 0.15) is 41.3 Å². The van der Waals surface area contributed by atoms with Crippen LogP contribution in [0.15, 0.2) is 23.0 Å². The highest BCUT2D eigenvalue weighted by atomic mass is 35.5. The number of fused-ring (bicyclic) bond motifs is 3. The maximum Gasteiger partial charge on any atom is 0.322 e. The van der Waals surface area contributed by atoms with Gasteiger partial charge in [-0.3, -0.25) is 4.79 Å². The third-order valence-corrected chi connectivity index (χ3v) is 5.78. The minimum Gasteiger partial charge on any atom is -0.376 e. The number of H-pyrrole nitrogens is 1. The minimum atomic E-state index is -0.537. The third kappa shape index (κ3) is 3.40. The SMILES string of the molecule is CN(C(=O)Nc1ccc(F)c(Cl)c1)C1CCCc2[nH]c(=O)c3c(c21)COCC3. The quantitative estimate of drug-likeness (QED) is 0.798. The standard InChI is InChI=1S/C20H21ClFN3O3/c1-25(20(27)23-11-5-6-15(22)14(21)9-11)17-4-2-3-16-18(17)13-10-28-8-7-12(13)19(26)24-16/h5-6,9,17H,2-4,7-8,10H2,1H3,(H,23,27)(H,24,26). The van der Waals surface area contributed by atoms with E-state index in [1.807, 2.05) is 0 Å². The van der Waals surface area contributed by atoms with Gasteiger partial charge in [-0.2, -0.15) is 0 Å². The van der Waals surface area contributed by atoms with Gasteiger partial charge in [0.25, 0.3) is 5.56 Å². The second-order valence-corrected chi connectivity index (χ2v) is 7.59. The number of aromatic amines is 1. The van der Waals surface area contributed by atoms with E-state index in [1.54, 1.807) is 11.9 Å². The van der Waals surface area contributed by atoms with E-state index >= 15 is 0 Å². The van der Waals surface area contributed by atoms with E-state index in [0.29, 0.717) is 25.3 Å². The number of rotatable bonds is 2. The van der Waals surface area contributed by atoms with Crippen molar-refractivity contribution in [3.8, 4) is 0 Å². The number of pyridine rings is 1. The van der Waals surface area contributed by atoms with E-state index in [-0.39, 0.29) is 22.7 Å². The number of nitrogens with one attached hydrogen (secondary N) is 2. The van der Waals surface area contributed by atoms with E-state index in [4.69, 9.17) is 16.3 Å². The first kappa shape index (κ1) is 19.0. The van der Waals surface area contributed by atoms with Crippen molar-refractivity contribution in [3.63, 3.8) is 0 Å². The predicted molar refractivity (Wildman–Crippen MR) is 104 cm³/mol. The number of urea groups is 1. The number of anilines is 1. The molecule has 0 radical (unpaired) electrons. The summed E-state index contributed by atoms with van der Waals surface area (Å²) in [5.74, 6) is -0.537. The number of nitrogens with zero attached hydrogens (tertiary/aromatic N) is 1. The van der Waals surface area contributed by atoms with Gasteiger partial charge in [-0.05, 0) is 48.6 Å². The highest BCUT2D eigenvalue weighted by molar-refractivity contribution is 6.31. The smallest absolute Gasteiger partial charge is 0.322 e. The molecule has 2 N–H and O–H groups in total. The Kier molecular flexibility index (Phi) is 5.12. The molecule has 0 bridgehead atoms. The number of hydrogen-bond donors (Lipinski definition) is 2. The second kappa shape index (κ2) is 7.56. The highest BCUT2D eigenvalue weighted by Gasteiger charge is 2.32. The highest BCUT2D eigenvalue weighted by Crippen LogP contribution is 2.37. The Morgan fingerprint density at radius 1 is 1.36 bits per heavy atom. The van der Waals surface area contributed by atoms with Crippen molar-refractivity contribution in [2.24, 2.45) is 0 Å². The number of amides is 2. The second-order valence-electron chi connectivity index (χ2n) is 7.18. The largest absolute Gasteiger partial charge is 0.376 e. The van der Waals surface area contributed by atoms with Gasteiger partial charge >= 0.3 is 6.03 Å². The average molecular weight is 406 g/mol. The summed E-state index contributed by atoms with van der Waals surface area (Å²) in [6.45, 7) is 0.919. The molecule has 0 saturated heterocycles. The lowest BCUT2D eigenvalue weighted by Crippen LogP contribution is -2.39. The van der Waals surface area contributed by atoms with Crippen LogP contribution >= 0.6 is 11.6 Å². The van der Waals surface area contributed by atoms with Crippen LogP contribution in [0.4, 0.5) is 14.9 Å². The van der Waals surface area contributed by atoms with Crippen LogP contribution in [0.25, 0.3) is 0 Å². The molecule has 2 aliphatic rings. The molecule has 28 heavy (non-hydrogen) atoms. The first-order chi connectivity index (χ1) is 13.5. The molecule has 8 heteroatoms. The number of carbonyl (C=O) groups is 1. The number of hydrogen-bond acceptors (Lipinski definition) is 3. The van der Waals surface area contributed by atoms with E-state index in [0.717, 1.165) is 41.6 Å². The summed E-state index contributed by atoms with van der Waals surface area (Å²) >= 11 is 5.80. The van der Waals surface area contributed by atoms with E-state index in [9.17, 15) is 14.0 Å². The van der Waals surface area contributed by atoms with Crippen molar-refractivity contribution in [1.82, 2.24) is 9.88 Å². The average Bonchev–Trinajstić information content (AvgIpc) is 2.70. The molecule has 2 heterocycles. The predicted octanol–water partition coefficient (Wildman–Crippen LogP) is 3.78. The van der Waals surface area contributed by atoms with Crippen LogP contribution in [-0.4, -0.2) is 29.6 Å². The van der Waals surface area contributed by atoms with Crippen LogP contribution in [-0.2, 0) is 24.2 Å². The van der Waals surface area contributed by atoms with E-state index < -0.39 is 5.82 Å². The fourth-order valence-electron chi connectivity index (χ4n) is 4.07. The fraction of sp³-hybridized carbons (Fsp3) is 0.400. The summed E-state index contributed by atoms with van der Waals surface area (Å²) in [7, 11) is 1.72. The van der Waals surface area contributed by atoms with Gasteiger partial charge in [-0.15, -0.1) is 0 Å². The van der Waals surface area contributed by atoms with Crippen molar-refractivity contribution in [1.29, 1.82) is 0 Å². The van der Waals surface area contributed by atoms with E-state index in [1.165, 1.54) is 18.2 Å². The minimum absolute atomic E-state index is 0.0488. The molecule has 1 aliphatic carbocycles. The maximum absolute atomic E-state index is 13.3. The van der Waals surface area contributed by atoms with Crippen molar-refractivity contribution in [2.75, 3.05) is 19.0 Å². The van der Waals surface area contributed by atoms with Gasteiger partial charge in [0, 0.05) is 30.4 Å². The number of aromatic nitrogens is 1. The number of ether oxygens (including phenoxy) is 1. The molecule has 0 fully saturated rings. The molecule has 6 nitrogen and oxygen atoms in total. The Balaban J connectivity index is 1.64. The maximum atomic E-state index is 13.3. The van der Waals surface area contributed by atoms with Crippen LogP contribution in [0.5, 0.6) is 0 Å². The molecule has 4 rings (SSSR count). The Bertz CT molecular complexity index is 991. The zero-order chi connectivity index (χ0) is 19.8. The van der Waals surface area contributed by atoms with Gasteiger partial charge in [0.15, 0.2) is 0 Å². The van der Waals surface area contributed by atoms with Gasteiger partial charge in [-0.25, -0.2) is 9.18 Å². The zero-order valence-electron chi connectivity index (χ0n) is 15.5. The lowest BCUT2D eigenvalue weighted by molar-refractivity contribution is 0.107. The summed E-state index contributed by atoms with van der Waals surface area (Å²) in [4.78, 5) is 29.9. The molecule has 1 aromatic heterocycles. The van der Waals surface area contributed by atoms with Crippen molar-refractivity contribution in [2.45, 2.75) is 38.3 Å². The monoisotopic (exact) mass is 405 g/mol. The number of aryl methyl sites for hydroxylation is 1. The van der Waals surface area contributed by atoms with Gasteiger partial charge in [0.05, 0.1) is 24.3 Å². The summed E-state index contributed by atoms with van der Waals surface area (Å²) in [5.41, 5.74) is 3.93. The molecule has 1 unspecified atom stereocenters. The Labute approximate surface area is 166 Å². The first-order valence-electron chi connectivity index (χ1n) is 9.29. The molecule has 2 amide bonds. The Hall–Kier alpha value is -2.38. The van der Waals surface area contributed by atoms with E-state index in [2.05, 4.69) is 10.3 Å². The molecule has 2 aromatic rings. The van der Waals surface area contributed by atoms with Crippen LogP contribution in [0, 0.1) is 5.82 Å². The van der Waals surface area contributed by atoms with Crippen LogP contribution in [0.2, 0.25) is 5.02 Å². The molecule has 1 aliphatic heterocycles. The topological polar surface area (TPSA) is 74.4 Å². The molecular weight excluding hydrogens is 385 g/mol. The molecule has 148 valence electrons. The normalized spacial score (nSPS) is 18.2. The summed E-state index contributed by atoms with van der Waals surface area (Å²) < 4.78 is 19.0. The lowest BCUT2D eigenvalue weighted by atomic mass is 9.84. The van der Waals surface area contributed by atoms with Crippen molar-refractivity contribution in [3.05, 3.63) is 61.8 Å². The first-order valence-corrected chi connectivity index (χ1v) is 9.67. The molecule has 1 atom stereocenters. The van der Waals surface area contributed by atoms with Gasteiger partial charge in [0.2, 0.25) is 0 Å². The zero-order valence-corrected chi connectivity index (χ0v) is 16.2. The number of halogens is 2. The Morgan fingerprint density at radius 2 is 2.18 bits per heavy atom. The number of carbonyl (C=O) groups excluding carboxylic acids is 1. The lowest BCUT2D eigenvalue weighted by Gasteiger charge is -2.36. The number of benzene rings is 1. The van der Waals surface area contributed by atoms with Gasteiger partial charge < -0.3 is 19.9 Å². The van der Waals surface area contributed by atoms with Crippen molar-refractivity contribution >= 4 is 23.3 Å². The van der Waals surface area contributed by atoms with Gasteiger partial charge in [0.1, 0.15) is 5.82 Å². The molecular formula is C20H21ClFN3O3. The van der Waals surface area contributed by atoms with Crippen LogP contribution in [0.3, 0.4) is 0 Å². The molecule has 0 spiro atoms. The Morgan fingerprint density at radius 3 is 2.96 bits per heavy atom. The molecule has 0 saturated carbocycles. The van der Waals surface area contributed by atoms with Gasteiger partial charge in [-0.1, -0.05) is 11.6 Å². The van der Waals surface area contributed by atoms with Crippen molar-refractivity contribution < 1.29 is 13.9 Å². The summed E-state index contributed by atoms with van der Waals surface area (Å²) in [6, 6.07) is 3.57. The fourth-order valence-corrected chi connectivity index (χ4v) is 4.25. The molecule has 1 aromatic carbocycles. The summed E-state index contributed by atoms with van der Waals surface area (Å²) in [5, 5.41) is 2.71. The van der Waals surface area contributed by atoms with Crippen LogP contribution < -0.4 is 10.9 Å².